The molecular formula is C15H8Br2. The van der Waals surface area contributed by atoms with Crippen LogP contribution in [0.1, 0.15) is 11.1 Å². The quantitative estimate of drug-likeness (QED) is 0.482. The molecule has 0 spiro atoms. The molecule has 1 aliphatic rings. The molecule has 0 saturated heterocycles. The van der Waals surface area contributed by atoms with Crippen molar-refractivity contribution in [3.63, 3.8) is 0 Å². The number of benzene rings is 2. The second-order valence-electron chi connectivity index (χ2n) is 3.85. The minimum Gasteiger partial charge on any atom is -0.0886 e. The van der Waals surface area contributed by atoms with Crippen molar-refractivity contribution < 1.29 is 0 Å². The fourth-order valence-corrected chi connectivity index (χ4v) is 2.64. The molecule has 0 amide bonds. The van der Waals surface area contributed by atoms with Crippen LogP contribution in [0.25, 0.3) is 16.7 Å². The van der Waals surface area contributed by atoms with Crippen LogP contribution in [0.4, 0.5) is 0 Å². The van der Waals surface area contributed by atoms with Gasteiger partial charge >= 0.3 is 0 Å². The third-order valence-electron chi connectivity index (χ3n) is 2.90. The van der Waals surface area contributed by atoms with E-state index in [0.717, 1.165) is 8.96 Å². The maximum Gasteiger partial charge on any atom is 0.103 e. The Morgan fingerprint density at radius 3 is 1.53 bits per heavy atom. The third-order valence-corrected chi connectivity index (χ3v) is 3.30. The Morgan fingerprint density at radius 2 is 1.12 bits per heavy atom. The molecule has 0 heterocycles. The molecule has 0 saturated carbocycles. The zero-order chi connectivity index (χ0) is 11.8. The summed E-state index contributed by atoms with van der Waals surface area (Å²) in [6.07, 6.45) is 0. The molecule has 0 bridgehead atoms. The van der Waals surface area contributed by atoms with Gasteiger partial charge in [0.15, 0.2) is 0 Å². The minimum atomic E-state index is 0.839. The largest absolute Gasteiger partial charge is 0.103 e. The van der Waals surface area contributed by atoms with E-state index in [2.05, 4.69) is 86.1 Å². The van der Waals surface area contributed by atoms with Crippen molar-refractivity contribution in [1.82, 2.24) is 0 Å². The first-order valence-electron chi connectivity index (χ1n) is 5.28. The molecular weight excluding hydrogens is 340 g/mol. The molecule has 1 aliphatic carbocycles. The summed E-state index contributed by atoms with van der Waals surface area (Å²) in [5, 5.41) is 0. The fourth-order valence-electron chi connectivity index (χ4n) is 2.25. The Bertz CT molecular complexity index is 611. The standard InChI is InChI=1S/C15H8Br2/c16-15(17)9-14-12-7-3-1-5-10(12)11-6-2-4-8-13(11)14/h1-8H. The summed E-state index contributed by atoms with van der Waals surface area (Å²) in [5.74, 6) is 0. The van der Waals surface area contributed by atoms with Crippen molar-refractivity contribution in [1.29, 1.82) is 0 Å². The van der Waals surface area contributed by atoms with Crippen molar-refractivity contribution in [2.24, 2.45) is 0 Å². The molecule has 0 atom stereocenters. The normalized spacial score (nSPS) is 11.8. The number of fused-ring (bicyclic) bond motifs is 3. The van der Waals surface area contributed by atoms with Gasteiger partial charge in [-0.1, -0.05) is 54.3 Å². The molecule has 0 aliphatic heterocycles. The highest BCUT2D eigenvalue weighted by Gasteiger charge is 2.21. The highest BCUT2D eigenvalue weighted by atomic mass is 79.9. The van der Waals surface area contributed by atoms with E-state index in [1.54, 1.807) is 0 Å². The Morgan fingerprint density at radius 1 is 0.706 bits per heavy atom. The smallest absolute Gasteiger partial charge is 0.0886 e. The van der Waals surface area contributed by atoms with E-state index in [1.165, 1.54) is 22.3 Å². The first-order chi connectivity index (χ1) is 8.27. The Kier molecular flexibility index (Phi) is 2.79. The lowest BCUT2D eigenvalue weighted by atomic mass is 10.1. The van der Waals surface area contributed by atoms with Gasteiger partial charge in [0.25, 0.3) is 0 Å². The molecule has 0 radical (unpaired) electrons. The summed E-state index contributed by atoms with van der Waals surface area (Å²) in [5.41, 5.74) is 9.51. The number of halogens is 2. The average Bonchev–Trinajstić information content (AvgIpc) is 2.65. The minimum absolute atomic E-state index is 0.839. The van der Waals surface area contributed by atoms with Gasteiger partial charge in [-0.3, -0.25) is 0 Å². The molecule has 0 unspecified atom stereocenters. The van der Waals surface area contributed by atoms with Gasteiger partial charge in [-0.15, -0.1) is 0 Å². The predicted molar refractivity (Wildman–Crippen MR) is 79.3 cm³/mol. The van der Waals surface area contributed by atoms with Gasteiger partial charge in [0.05, 0.1) is 0 Å². The summed E-state index contributed by atoms with van der Waals surface area (Å²) >= 11 is 6.78. The molecule has 3 rings (SSSR count). The van der Waals surface area contributed by atoms with E-state index in [4.69, 9.17) is 0 Å². The van der Waals surface area contributed by atoms with Crippen LogP contribution in [-0.2, 0) is 0 Å². The second-order valence-corrected chi connectivity index (χ2v) is 6.50. The van der Waals surface area contributed by atoms with Crippen LogP contribution in [0.5, 0.6) is 0 Å². The van der Waals surface area contributed by atoms with Crippen molar-refractivity contribution in [3.05, 3.63) is 68.8 Å². The van der Waals surface area contributed by atoms with Crippen molar-refractivity contribution >= 4 is 37.4 Å². The highest BCUT2D eigenvalue weighted by Crippen LogP contribution is 2.43. The average molecular weight is 348 g/mol. The van der Waals surface area contributed by atoms with Crippen LogP contribution in [0.2, 0.25) is 0 Å². The molecule has 0 N–H and O–H groups in total. The summed E-state index contributed by atoms with van der Waals surface area (Å²) in [4.78, 5) is 0. The predicted octanol–water partition coefficient (Wildman–Crippen LogP) is 5.33. The van der Waals surface area contributed by atoms with E-state index >= 15 is 0 Å². The van der Waals surface area contributed by atoms with Crippen LogP contribution in [0.3, 0.4) is 0 Å². The Labute approximate surface area is 117 Å². The summed E-state index contributed by atoms with van der Waals surface area (Å²) < 4.78 is 0.839. The van der Waals surface area contributed by atoms with Gasteiger partial charge in [-0.2, -0.15) is 0 Å². The van der Waals surface area contributed by atoms with E-state index in [9.17, 15) is 0 Å². The van der Waals surface area contributed by atoms with Crippen LogP contribution in [0.15, 0.2) is 57.7 Å². The van der Waals surface area contributed by atoms with Gasteiger partial charge in [-0.25, -0.2) is 0 Å². The van der Waals surface area contributed by atoms with Gasteiger partial charge in [-0.05, 0) is 54.1 Å². The van der Waals surface area contributed by atoms with Crippen LogP contribution in [0, 0.1) is 0 Å². The molecule has 17 heavy (non-hydrogen) atoms. The monoisotopic (exact) mass is 346 g/mol. The lowest BCUT2D eigenvalue weighted by molar-refractivity contribution is 1.65. The SMILES string of the molecule is BrC(Br)=C=C1c2ccccc2-c2ccccc21. The zero-order valence-electron chi connectivity index (χ0n) is 8.87. The van der Waals surface area contributed by atoms with Gasteiger partial charge < -0.3 is 0 Å². The first kappa shape index (κ1) is 11.0. The molecule has 2 heteroatoms. The Hall–Kier alpha value is -1.08. The van der Waals surface area contributed by atoms with Gasteiger partial charge in [0.1, 0.15) is 3.39 Å². The molecule has 0 nitrogen and oxygen atoms in total. The third kappa shape index (κ3) is 1.83. The molecule has 82 valence electrons. The molecule has 2 aromatic rings. The van der Waals surface area contributed by atoms with E-state index in [0.29, 0.717) is 0 Å². The topological polar surface area (TPSA) is 0 Å². The van der Waals surface area contributed by atoms with Crippen LogP contribution < -0.4 is 0 Å². The van der Waals surface area contributed by atoms with Gasteiger partial charge in [0, 0.05) is 5.57 Å². The number of rotatable bonds is 0. The van der Waals surface area contributed by atoms with E-state index < -0.39 is 0 Å². The van der Waals surface area contributed by atoms with Gasteiger partial charge in [0.2, 0.25) is 0 Å². The summed E-state index contributed by atoms with van der Waals surface area (Å²) in [6.45, 7) is 0. The molecule has 0 fully saturated rings. The van der Waals surface area contributed by atoms with Crippen molar-refractivity contribution in [2.45, 2.75) is 0 Å². The number of hydrogen-bond acceptors (Lipinski definition) is 0. The van der Waals surface area contributed by atoms with E-state index in [-0.39, 0.29) is 0 Å². The van der Waals surface area contributed by atoms with Crippen molar-refractivity contribution in [2.75, 3.05) is 0 Å². The van der Waals surface area contributed by atoms with Crippen molar-refractivity contribution in [3.8, 4) is 11.1 Å². The maximum atomic E-state index is 3.39. The zero-order valence-corrected chi connectivity index (χ0v) is 12.0. The van der Waals surface area contributed by atoms with Crippen LogP contribution in [-0.4, -0.2) is 0 Å². The maximum absolute atomic E-state index is 3.39. The lowest BCUT2D eigenvalue weighted by Crippen LogP contribution is -1.77. The highest BCUT2D eigenvalue weighted by molar-refractivity contribution is 9.28. The summed E-state index contributed by atoms with van der Waals surface area (Å²) in [7, 11) is 0. The molecule has 0 aromatic heterocycles. The lowest BCUT2D eigenvalue weighted by Gasteiger charge is -1.97. The van der Waals surface area contributed by atoms with E-state index in [1.807, 2.05) is 0 Å². The first-order valence-corrected chi connectivity index (χ1v) is 6.87. The fraction of sp³-hybridized carbons (Fsp3) is 0. The summed E-state index contributed by atoms with van der Waals surface area (Å²) in [6, 6.07) is 16.9. The van der Waals surface area contributed by atoms with Crippen LogP contribution >= 0.6 is 31.9 Å². The number of hydrogen-bond donors (Lipinski definition) is 0. The Balaban J connectivity index is 2.44. The molecule has 2 aromatic carbocycles. The second kappa shape index (κ2) is 4.30.